The Kier molecular flexibility index (Phi) is 6.39. The van der Waals surface area contributed by atoms with Crippen LogP contribution in [0.25, 0.3) is 10.9 Å². The van der Waals surface area contributed by atoms with Crippen molar-refractivity contribution in [2.75, 3.05) is 13.2 Å². The lowest BCUT2D eigenvalue weighted by Gasteiger charge is -2.48. The summed E-state index contributed by atoms with van der Waals surface area (Å²) in [5, 5.41) is 18.7. The summed E-state index contributed by atoms with van der Waals surface area (Å²) < 4.78 is 7.75. The van der Waals surface area contributed by atoms with Gasteiger partial charge in [0.15, 0.2) is 5.69 Å². The van der Waals surface area contributed by atoms with Gasteiger partial charge in [-0.1, -0.05) is 42.0 Å². The molecule has 0 radical (unpaired) electrons. The third-order valence-corrected chi connectivity index (χ3v) is 6.83. The lowest BCUT2D eigenvalue weighted by molar-refractivity contribution is -0.0843. The first-order valence-electron chi connectivity index (χ1n) is 12.0. The van der Waals surface area contributed by atoms with Gasteiger partial charge in [-0.05, 0) is 50.5 Å². The number of ether oxygens (including phenoxy) is 1. The molecule has 0 saturated carbocycles. The van der Waals surface area contributed by atoms with Crippen LogP contribution in [0.15, 0.2) is 60.2 Å². The number of nitrogens with zero attached hydrogens (tertiary/aromatic N) is 3. The van der Waals surface area contributed by atoms with E-state index in [9.17, 15) is 9.90 Å². The first-order chi connectivity index (χ1) is 16.5. The van der Waals surface area contributed by atoms with Crippen molar-refractivity contribution in [3.8, 4) is 5.75 Å². The summed E-state index contributed by atoms with van der Waals surface area (Å²) in [6.45, 7) is 6.85. The van der Waals surface area contributed by atoms with Gasteiger partial charge in [0.1, 0.15) is 5.75 Å². The number of rotatable bonds is 6. The first kappa shape index (κ1) is 22.6. The average molecular weight is 461 g/mol. The van der Waals surface area contributed by atoms with Crippen molar-refractivity contribution in [1.82, 2.24) is 20.0 Å². The molecule has 2 atom stereocenters. The molecule has 2 unspecified atom stereocenters. The Morgan fingerprint density at radius 2 is 1.91 bits per heavy atom. The van der Waals surface area contributed by atoms with E-state index in [1.54, 1.807) is 6.07 Å². The number of para-hydroxylation sites is 1. The highest BCUT2D eigenvalue weighted by molar-refractivity contribution is 6.05. The summed E-state index contributed by atoms with van der Waals surface area (Å²) in [5.41, 5.74) is 3.77. The molecule has 2 N–H and O–H groups in total. The second-order valence-corrected chi connectivity index (χ2v) is 9.66. The summed E-state index contributed by atoms with van der Waals surface area (Å²) in [6, 6.07) is 15.9. The fourth-order valence-electron chi connectivity index (χ4n) is 5.19. The second-order valence-electron chi connectivity index (χ2n) is 9.66. The number of morpholine rings is 1. The van der Waals surface area contributed by atoms with Crippen LogP contribution in [-0.2, 0) is 17.8 Å². The maximum absolute atomic E-state index is 13.3. The maximum atomic E-state index is 13.3. The molecule has 2 bridgehead atoms. The summed E-state index contributed by atoms with van der Waals surface area (Å²) >= 11 is 0. The molecule has 2 fully saturated rings. The van der Waals surface area contributed by atoms with Crippen molar-refractivity contribution in [1.29, 1.82) is 0 Å². The molecular formula is C27H32N4O3. The monoisotopic (exact) mass is 460 g/mol. The van der Waals surface area contributed by atoms with E-state index in [1.807, 2.05) is 47.1 Å². The molecule has 1 aromatic heterocycles. The van der Waals surface area contributed by atoms with Gasteiger partial charge in [0.05, 0.1) is 25.3 Å². The van der Waals surface area contributed by atoms with E-state index >= 15 is 0 Å². The molecule has 2 aliphatic heterocycles. The fourth-order valence-corrected chi connectivity index (χ4v) is 5.19. The van der Waals surface area contributed by atoms with Crippen LogP contribution in [0.1, 0.15) is 42.7 Å². The number of hydrogen-bond donors (Lipinski definition) is 2. The first-order valence-corrected chi connectivity index (χ1v) is 12.0. The van der Waals surface area contributed by atoms with Crippen molar-refractivity contribution < 1.29 is 14.6 Å². The molecule has 2 aromatic carbocycles. The highest BCUT2D eigenvalue weighted by atomic mass is 16.5. The SMILES string of the molecule is CC(C)=CCn1nc(C(=O)NC2CC3COCC(C2)N3Cc2cccc(O)c2)c2ccccc21. The number of fused-ring (bicyclic) bond motifs is 3. The summed E-state index contributed by atoms with van der Waals surface area (Å²) in [7, 11) is 0. The van der Waals surface area contributed by atoms with Gasteiger partial charge in [-0.15, -0.1) is 0 Å². The Bertz CT molecular complexity index is 1200. The second kappa shape index (κ2) is 9.60. The Hall–Kier alpha value is -3.16. The van der Waals surface area contributed by atoms with Gasteiger partial charge in [0.25, 0.3) is 5.91 Å². The van der Waals surface area contributed by atoms with Crippen LogP contribution in [0, 0.1) is 0 Å². The van der Waals surface area contributed by atoms with Gasteiger partial charge in [0.2, 0.25) is 0 Å². The quantitative estimate of drug-likeness (QED) is 0.546. The van der Waals surface area contributed by atoms with E-state index in [-0.39, 0.29) is 29.8 Å². The van der Waals surface area contributed by atoms with Crippen LogP contribution < -0.4 is 5.32 Å². The smallest absolute Gasteiger partial charge is 0.272 e. The van der Waals surface area contributed by atoms with Gasteiger partial charge in [0, 0.05) is 30.1 Å². The molecule has 2 aliphatic rings. The molecule has 0 aliphatic carbocycles. The number of phenols is 1. The van der Waals surface area contributed by atoms with E-state index in [0.29, 0.717) is 25.5 Å². The standard InChI is InChI=1S/C27H32N4O3/c1-18(2)10-11-31-25-9-4-3-8-24(25)26(29-31)27(33)28-20-13-21-16-34-17-22(14-20)30(21)15-19-6-5-7-23(32)12-19/h3-10,12,20-22,32H,11,13-17H2,1-2H3,(H,28,33). The zero-order valence-corrected chi connectivity index (χ0v) is 19.8. The number of amides is 1. The van der Waals surface area contributed by atoms with Gasteiger partial charge in [-0.3, -0.25) is 14.4 Å². The number of carbonyl (C=O) groups excluding carboxylic acids is 1. The molecular weight excluding hydrogens is 428 g/mol. The third kappa shape index (κ3) is 4.72. The molecule has 0 spiro atoms. The van der Waals surface area contributed by atoms with Crippen LogP contribution >= 0.6 is 0 Å². The van der Waals surface area contributed by atoms with Crippen LogP contribution in [-0.4, -0.2) is 57.0 Å². The molecule has 3 aromatic rings. The van der Waals surface area contributed by atoms with Crippen molar-refractivity contribution in [2.45, 2.75) is 57.9 Å². The molecule has 7 heteroatoms. The lowest BCUT2D eigenvalue weighted by Crippen LogP contribution is -2.60. The number of phenolic OH excluding ortho intramolecular Hbond substituents is 1. The average Bonchev–Trinajstić information content (AvgIpc) is 3.17. The highest BCUT2D eigenvalue weighted by Gasteiger charge is 2.39. The maximum Gasteiger partial charge on any atom is 0.272 e. The van der Waals surface area contributed by atoms with E-state index in [1.165, 1.54) is 5.57 Å². The number of aromatic nitrogens is 2. The number of aromatic hydroxyl groups is 1. The van der Waals surface area contributed by atoms with Crippen molar-refractivity contribution >= 4 is 16.8 Å². The van der Waals surface area contributed by atoms with Crippen LogP contribution in [0.5, 0.6) is 5.75 Å². The minimum atomic E-state index is -0.113. The number of benzene rings is 2. The van der Waals surface area contributed by atoms with E-state index in [4.69, 9.17) is 4.74 Å². The Labute approximate surface area is 200 Å². The minimum Gasteiger partial charge on any atom is -0.508 e. The Balaban J connectivity index is 1.31. The van der Waals surface area contributed by atoms with Crippen molar-refractivity contribution in [3.05, 3.63) is 71.4 Å². The Morgan fingerprint density at radius 1 is 1.15 bits per heavy atom. The molecule has 2 saturated heterocycles. The molecule has 34 heavy (non-hydrogen) atoms. The number of piperidine rings is 1. The van der Waals surface area contributed by atoms with Crippen LogP contribution in [0.4, 0.5) is 0 Å². The summed E-state index contributed by atoms with van der Waals surface area (Å²) in [5.74, 6) is 0.176. The van der Waals surface area contributed by atoms with E-state index in [2.05, 4.69) is 35.2 Å². The molecule has 7 nitrogen and oxygen atoms in total. The number of hydrogen-bond acceptors (Lipinski definition) is 5. The predicted octanol–water partition coefficient (Wildman–Crippen LogP) is 3.87. The summed E-state index contributed by atoms with van der Waals surface area (Å²) in [4.78, 5) is 15.8. The minimum absolute atomic E-state index is 0.0773. The van der Waals surface area contributed by atoms with E-state index in [0.717, 1.165) is 35.9 Å². The van der Waals surface area contributed by atoms with Crippen LogP contribution in [0.2, 0.25) is 0 Å². The highest BCUT2D eigenvalue weighted by Crippen LogP contribution is 2.30. The molecule has 1 amide bonds. The zero-order chi connectivity index (χ0) is 23.7. The summed E-state index contributed by atoms with van der Waals surface area (Å²) in [6.07, 6.45) is 3.78. The molecule has 178 valence electrons. The zero-order valence-electron chi connectivity index (χ0n) is 19.8. The van der Waals surface area contributed by atoms with Crippen molar-refractivity contribution in [2.24, 2.45) is 0 Å². The predicted molar refractivity (Wildman–Crippen MR) is 132 cm³/mol. The van der Waals surface area contributed by atoms with Crippen molar-refractivity contribution in [3.63, 3.8) is 0 Å². The third-order valence-electron chi connectivity index (χ3n) is 6.83. The number of nitrogens with one attached hydrogen (secondary N) is 1. The van der Waals surface area contributed by atoms with Crippen LogP contribution in [0.3, 0.4) is 0 Å². The molecule has 5 rings (SSSR count). The normalized spacial score (nSPS) is 22.5. The van der Waals surface area contributed by atoms with Gasteiger partial charge in [-0.2, -0.15) is 5.10 Å². The van der Waals surface area contributed by atoms with Gasteiger partial charge < -0.3 is 15.2 Å². The Morgan fingerprint density at radius 3 is 2.65 bits per heavy atom. The lowest BCUT2D eigenvalue weighted by atomic mass is 9.89. The fraction of sp³-hybridized carbons (Fsp3) is 0.407. The largest absolute Gasteiger partial charge is 0.508 e. The molecule has 3 heterocycles. The topological polar surface area (TPSA) is 79.6 Å². The number of carbonyl (C=O) groups is 1. The number of allylic oxidation sites excluding steroid dienone is 2. The van der Waals surface area contributed by atoms with E-state index < -0.39 is 0 Å². The van der Waals surface area contributed by atoms with Gasteiger partial charge in [-0.25, -0.2) is 0 Å². The van der Waals surface area contributed by atoms with Gasteiger partial charge >= 0.3 is 0 Å².